The Bertz CT molecular complexity index is 1130. The van der Waals surface area contributed by atoms with Crippen LogP contribution in [0.15, 0.2) is 41.3 Å². The first kappa shape index (κ1) is 23.3. The number of alkyl halides is 3. The highest BCUT2D eigenvalue weighted by Crippen LogP contribution is 2.43. The maximum Gasteiger partial charge on any atom is 0.416 e. The Balaban J connectivity index is 1.94. The summed E-state index contributed by atoms with van der Waals surface area (Å²) in [6, 6.07) is 4.45. The van der Waals surface area contributed by atoms with Crippen molar-refractivity contribution < 1.29 is 35.8 Å². The van der Waals surface area contributed by atoms with E-state index in [0.717, 1.165) is 33.5 Å². The molecule has 0 radical (unpaired) electrons. The molecule has 2 aromatic rings. The Hall–Kier alpha value is -3.33. The molecule has 0 amide bonds. The SMILES string of the molecule is O=[N+]([O-])c1cc(C(F)(F)F)cc([N+](=O)[O-])c1N1CCN(S(=O)(=O)c2ccc(F)cc2)CC1. The summed E-state index contributed by atoms with van der Waals surface area (Å²) in [5.74, 6) is -0.643. The van der Waals surface area contributed by atoms with Crippen LogP contribution in [0.2, 0.25) is 0 Å². The first-order valence-corrected chi connectivity index (χ1v) is 10.3. The van der Waals surface area contributed by atoms with Crippen LogP contribution < -0.4 is 4.90 Å². The van der Waals surface area contributed by atoms with Gasteiger partial charge in [0.25, 0.3) is 11.4 Å². The molecular formula is C17H14F4N4O6S. The van der Waals surface area contributed by atoms with Gasteiger partial charge in [-0.15, -0.1) is 0 Å². The second kappa shape index (κ2) is 8.31. The fraction of sp³-hybridized carbons (Fsp3) is 0.294. The van der Waals surface area contributed by atoms with Crippen LogP contribution >= 0.6 is 0 Å². The smallest absolute Gasteiger partial charge is 0.358 e. The molecule has 0 atom stereocenters. The normalized spacial score (nSPS) is 15.6. The van der Waals surface area contributed by atoms with E-state index >= 15 is 0 Å². The van der Waals surface area contributed by atoms with E-state index in [1.807, 2.05) is 0 Å². The van der Waals surface area contributed by atoms with Crippen molar-refractivity contribution in [1.82, 2.24) is 4.31 Å². The van der Waals surface area contributed by atoms with Crippen molar-refractivity contribution in [3.63, 3.8) is 0 Å². The molecule has 1 aliphatic heterocycles. The molecule has 0 saturated carbocycles. The number of anilines is 1. The van der Waals surface area contributed by atoms with E-state index in [9.17, 15) is 46.2 Å². The monoisotopic (exact) mass is 478 g/mol. The Morgan fingerprint density at radius 3 is 1.75 bits per heavy atom. The molecule has 1 fully saturated rings. The molecule has 1 heterocycles. The molecule has 1 saturated heterocycles. The molecule has 10 nitrogen and oxygen atoms in total. The molecule has 0 aliphatic carbocycles. The largest absolute Gasteiger partial charge is 0.416 e. The van der Waals surface area contributed by atoms with Crippen LogP contribution in [0.3, 0.4) is 0 Å². The van der Waals surface area contributed by atoms with E-state index in [2.05, 4.69) is 0 Å². The number of rotatable bonds is 5. The van der Waals surface area contributed by atoms with Crippen molar-refractivity contribution in [2.24, 2.45) is 0 Å². The molecule has 0 aromatic heterocycles. The lowest BCUT2D eigenvalue weighted by Crippen LogP contribution is -2.49. The third-order valence-electron chi connectivity index (χ3n) is 4.80. The van der Waals surface area contributed by atoms with Gasteiger partial charge in [-0.05, 0) is 24.3 Å². The van der Waals surface area contributed by atoms with Gasteiger partial charge in [-0.1, -0.05) is 0 Å². The zero-order valence-corrected chi connectivity index (χ0v) is 16.8. The van der Waals surface area contributed by atoms with E-state index in [4.69, 9.17) is 0 Å². The summed E-state index contributed by atoms with van der Waals surface area (Å²) in [7, 11) is -4.04. The molecule has 0 unspecified atom stereocenters. The minimum Gasteiger partial charge on any atom is -0.358 e. The molecule has 32 heavy (non-hydrogen) atoms. The average molecular weight is 478 g/mol. The standard InChI is InChI=1S/C17H14F4N4O6S/c18-12-1-3-13(4-2-12)32(30,31)23-7-5-22(6-8-23)16-14(24(26)27)9-11(17(19,20)21)10-15(16)25(28)29/h1-4,9-10H,5-8H2. The lowest BCUT2D eigenvalue weighted by molar-refractivity contribution is -0.393. The number of nitro benzene ring substituents is 2. The second-order valence-corrected chi connectivity index (χ2v) is 8.66. The molecule has 1 aliphatic rings. The van der Waals surface area contributed by atoms with Crippen LogP contribution in [-0.4, -0.2) is 48.7 Å². The maximum absolute atomic E-state index is 13.1. The Morgan fingerprint density at radius 1 is 0.875 bits per heavy atom. The molecule has 2 aromatic carbocycles. The van der Waals surface area contributed by atoms with Crippen LogP contribution in [0.4, 0.5) is 34.6 Å². The van der Waals surface area contributed by atoms with Crippen LogP contribution in [0, 0.1) is 26.0 Å². The fourth-order valence-corrected chi connectivity index (χ4v) is 4.70. The molecule has 172 valence electrons. The van der Waals surface area contributed by atoms with Crippen LogP contribution in [0.25, 0.3) is 0 Å². The highest BCUT2D eigenvalue weighted by Gasteiger charge is 2.40. The summed E-state index contributed by atoms with van der Waals surface area (Å²) in [5.41, 5.74) is -4.40. The van der Waals surface area contributed by atoms with Gasteiger partial charge in [0.2, 0.25) is 10.0 Å². The molecule has 0 spiro atoms. The van der Waals surface area contributed by atoms with Crippen molar-refractivity contribution in [1.29, 1.82) is 0 Å². The summed E-state index contributed by atoms with van der Waals surface area (Å²) in [6.45, 7) is -1.02. The highest BCUT2D eigenvalue weighted by atomic mass is 32.2. The second-order valence-electron chi connectivity index (χ2n) is 6.72. The third kappa shape index (κ3) is 4.47. The van der Waals surface area contributed by atoms with Gasteiger partial charge in [0, 0.05) is 38.3 Å². The first-order chi connectivity index (χ1) is 14.8. The Kier molecular flexibility index (Phi) is 6.06. The number of halogens is 4. The van der Waals surface area contributed by atoms with E-state index < -0.39 is 54.5 Å². The van der Waals surface area contributed by atoms with Gasteiger partial charge in [-0.3, -0.25) is 20.2 Å². The van der Waals surface area contributed by atoms with E-state index in [-0.39, 0.29) is 43.2 Å². The highest BCUT2D eigenvalue weighted by molar-refractivity contribution is 7.89. The van der Waals surface area contributed by atoms with Crippen molar-refractivity contribution in [2.45, 2.75) is 11.1 Å². The van der Waals surface area contributed by atoms with Crippen molar-refractivity contribution >= 4 is 27.1 Å². The van der Waals surface area contributed by atoms with E-state index in [0.29, 0.717) is 0 Å². The number of benzene rings is 2. The van der Waals surface area contributed by atoms with Crippen molar-refractivity contribution in [2.75, 3.05) is 31.1 Å². The van der Waals surface area contributed by atoms with Crippen LogP contribution in [0.1, 0.15) is 5.56 Å². The maximum atomic E-state index is 13.1. The Morgan fingerprint density at radius 2 is 1.34 bits per heavy atom. The predicted molar refractivity (Wildman–Crippen MR) is 102 cm³/mol. The fourth-order valence-electron chi connectivity index (χ4n) is 3.28. The number of hydrogen-bond acceptors (Lipinski definition) is 7. The number of nitrogens with zero attached hydrogens (tertiary/aromatic N) is 4. The lowest BCUT2D eigenvalue weighted by atomic mass is 10.1. The van der Waals surface area contributed by atoms with Crippen molar-refractivity contribution in [3.8, 4) is 0 Å². The van der Waals surface area contributed by atoms with Gasteiger partial charge in [0.05, 0.1) is 20.3 Å². The van der Waals surface area contributed by atoms with Crippen molar-refractivity contribution in [3.05, 3.63) is 68.0 Å². The van der Waals surface area contributed by atoms with Gasteiger partial charge in [-0.2, -0.15) is 17.5 Å². The summed E-state index contributed by atoms with van der Waals surface area (Å²) < 4.78 is 78.6. The quantitative estimate of drug-likeness (QED) is 0.367. The number of piperazine rings is 1. The summed E-state index contributed by atoms with van der Waals surface area (Å²) >= 11 is 0. The number of nitro groups is 2. The van der Waals surface area contributed by atoms with Gasteiger partial charge in [0.15, 0.2) is 5.69 Å². The molecule has 0 N–H and O–H groups in total. The number of hydrogen-bond donors (Lipinski definition) is 0. The third-order valence-corrected chi connectivity index (χ3v) is 6.71. The summed E-state index contributed by atoms with van der Waals surface area (Å²) in [4.78, 5) is 21.4. The lowest BCUT2D eigenvalue weighted by Gasteiger charge is -2.34. The van der Waals surface area contributed by atoms with Gasteiger partial charge >= 0.3 is 6.18 Å². The van der Waals surface area contributed by atoms with E-state index in [1.54, 1.807) is 0 Å². The molecule has 15 heteroatoms. The van der Waals surface area contributed by atoms with Crippen LogP contribution in [-0.2, 0) is 16.2 Å². The zero-order valence-electron chi connectivity index (χ0n) is 16.0. The summed E-state index contributed by atoms with van der Waals surface area (Å²) in [5, 5.41) is 22.8. The average Bonchev–Trinajstić information content (AvgIpc) is 2.72. The van der Waals surface area contributed by atoms with Gasteiger partial charge in [-0.25, -0.2) is 12.8 Å². The Labute approximate surface area is 178 Å². The first-order valence-electron chi connectivity index (χ1n) is 8.87. The number of sulfonamides is 1. The van der Waals surface area contributed by atoms with E-state index in [1.165, 1.54) is 0 Å². The van der Waals surface area contributed by atoms with Gasteiger partial charge < -0.3 is 4.90 Å². The van der Waals surface area contributed by atoms with Gasteiger partial charge in [0.1, 0.15) is 5.82 Å². The molecule has 0 bridgehead atoms. The minimum absolute atomic E-state index is 0.196. The predicted octanol–water partition coefficient (Wildman–Crippen LogP) is 3.17. The zero-order chi connectivity index (χ0) is 23.8. The minimum atomic E-state index is -5.05. The topological polar surface area (TPSA) is 127 Å². The molecule has 3 rings (SSSR count). The molecular weight excluding hydrogens is 464 g/mol. The van der Waals surface area contributed by atoms with Crippen LogP contribution in [0.5, 0.6) is 0 Å². The summed E-state index contributed by atoms with van der Waals surface area (Å²) in [6.07, 6.45) is -5.05.